The predicted molar refractivity (Wildman–Crippen MR) is 98.1 cm³/mol. The van der Waals surface area contributed by atoms with Gasteiger partial charge in [0.1, 0.15) is 11.4 Å². The van der Waals surface area contributed by atoms with Crippen LogP contribution in [0.1, 0.15) is 11.4 Å². The molecule has 142 valence electrons. The first-order valence-corrected chi connectivity index (χ1v) is 8.34. The van der Waals surface area contributed by atoms with Gasteiger partial charge >= 0.3 is 6.18 Å². The molecule has 0 amide bonds. The minimum Gasteiger partial charge on any atom is -0.399 e. The molecule has 0 bridgehead atoms. The van der Waals surface area contributed by atoms with E-state index in [4.69, 9.17) is 5.73 Å². The van der Waals surface area contributed by atoms with Crippen molar-refractivity contribution in [2.75, 3.05) is 5.73 Å². The second-order valence-corrected chi connectivity index (χ2v) is 6.27. The molecular weight excluding hydrogens is 369 g/mol. The summed E-state index contributed by atoms with van der Waals surface area (Å²) in [6.07, 6.45) is -2.75. The van der Waals surface area contributed by atoms with Crippen molar-refractivity contribution in [1.29, 1.82) is 0 Å². The van der Waals surface area contributed by atoms with Gasteiger partial charge in [-0.05, 0) is 49.4 Å². The topological polar surface area (TPSA) is 74.5 Å². The molecule has 2 aromatic heterocycles. The molecule has 28 heavy (non-hydrogen) atoms. The highest BCUT2D eigenvalue weighted by atomic mass is 19.4. The number of nitrogens with zero attached hydrogens (tertiary/aromatic N) is 5. The molecular formula is C19H15F3N6. The third kappa shape index (κ3) is 3.34. The molecule has 2 aromatic carbocycles. The highest BCUT2D eigenvalue weighted by molar-refractivity contribution is 5.61. The standard InChI is InChI=1S/C19H15F3N6/c1-12-10-18(19(20,21)22)28(25-12)16-8-6-15(7-9-16)27-11-17(24-26-27)13-2-4-14(23)5-3-13/h2-11H,23H2,1H3. The van der Waals surface area contributed by atoms with Crippen LogP contribution in [0.15, 0.2) is 60.8 Å². The first-order chi connectivity index (χ1) is 13.3. The van der Waals surface area contributed by atoms with Gasteiger partial charge in [-0.3, -0.25) is 0 Å². The van der Waals surface area contributed by atoms with Crippen molar-refractivity contribution in [3.8, 4) is 22.6 Å². The lowest BCUT2D eigenvalue weighted by Gasteiger charge is -2.10. The summed E-state index contributed by atoms with van der Waals surface area (Å²) in [5, 5.41) is 12.2. The number of nitrogens with two attached hydrogens (primary N) is 1. The molecule has 0 atom stereocenters. The quantitative estimate of drug-likeness (QED) is 0.541. The van der Waals surface area contributed by atoms with E-state index in [1.807, 2.05) is 12.1 Å². The average Bonchev–Trinajstić information content (AvgIpc) is 3.29. The zero-order chi connectivity index (χ0) is 19.9. The fourth-order valence-corrected chi connectivity index (χ4v) is 2.82. The van der Waals surface area contributed by atoms with E-state index in [-0.39, 0.29) is 0 Å². The minimum absolute atomic E-state index is 0.292. The maximum absolute atomic E-state index is 13.2. The minimum atomic E-state index is -4.49. The number of rotatable bonds is 3. The smallest absolute Gasteiger partial charge is 0.399 e. The Bertz CT molecular complexity index is 1110. The van der Waals surface area contributed by atoms with Crippen LogP contribution in [-0.4, -0.2) is 24.8 Å². The fraction of sp³-hybridized carbons (Fsp3) is 0.105. The molecule has 0 spiro atoms. The van der Waals surface area contributed by atoms with Gasteiger partial charge in [-0.2, -0.15) is 18.3 Å². The Morgan fingerprint density at radius 3 is 2.21 bits per heavy atom. The Morgan fingerprint density at radius 2 is 1.57 bits per heavy atom. The van der Waals surface area contributed by atoms with Crippen LogP contribution in [0.4, 0.5) is 18.9 Å². The molecule has 0 aliphatic heterocycles. The molecule has 2 N–H and O–H groups in total. The Kier molecular flexibility index (Phi) is 4.14. The van der Waals surface area contributed by atoms with Gasteiger partial charge in [-0.25, -0.2) is 9.36 Å². The van der Waals surface area contributed by atoms with Crippen LogP contribution in [0.25, 0.3) is 22.6 Å². The zero-order valence-corrected chi connectivity index (χ0v) is 14.7. The van der Waals surface area contributed by atoms with Crippen LogP contribution >= 0.6 is 0 Å². The van der Waals surface area contributed by atoms with E-state index in [2.05, 4.69) is 15.4 Å². The lowest BCUT2D eigenvalue weighted by atomic mass is 10.1. The van der Waals surface area contributed by atoms with E-state index in [9.17, 15) is 13.2 Å². The number of benzene rings is 2. The summed E-state index contributed by atoms with van der Waals surface area (Å²) in [5.74, 6) is 0. The van der Waals surface area contributed by atoms with Crippen molar-refractivity contribution < 1.29 is 13.2 Å². The molecule has 0 saturated carbocycles. The summed E-state index contributed by atoms with van der Waals surface area (Å²) in [4.78, 5) is 0. The molecule has 0 aliphatic rings. The summed E-state index contributed by atoms with van der Waals surface area (Å²) in [7, 11) is 0. The number of hydrogen-bond donors (Lipinski definition) is 1. The van der Waals surface area contributed by atoms with Crippen molar-refractivity contribution in [2.45, 2.75) is 13.1 Å². The number of alkyl halides is 3. The van der Waals surface area contributed by atoms with E-state index in [0.29, 0.717) is 28.5 Å². The van der Waals surface area contributed by atoms with Crippen molar-refractivity contribution in [3.05, 3.63) is 72.2 Å². The fourth-order valence-electron chi connectivity index (χ4n) is 2.82. The molecule has 0 fully saturated rings. The molecule has 6 nitrogen and oxygen atoms in total. The Balaban J connectivity index is 1.64. The van der Waals surface area contributed by atoms with Crippen LogP contribution < -0.4 is 5.73 Å². The largest absolute Gasteiger partial charge is 0.433 e. The van der Waals surface area contributed by atoms with E-state index < -0.39 is 11.9 Å². The first kappa shape index (κ1) is 17.8. The van der Waals surface area contributed by atoms with E-state index in [1.54, 1.807) is 47.3 Å². The van der Waals surface area contributed by atoms with Gasteiger partial charge in [-0.1, -0.05) is 17.3 Å². The molecule has 0 saturated heterocycles. The van der Waals surface area contributed by atoms with Gasteiger partial charge in [-0.15, -0.1) is 5.10 Å². The van der Waals surface area contributed by atoms with E-state index in [0.717, 1.165) is 16.3 Å². The molecule has 4 aromatic rings. The second kappa shape index (κ2) is 6.52. The molecule has 0 radical (unpaired) electrons. The van der Waals surface area contributed by atoms with Gasteiger partial charge in [0.25, 0.3) is 0 Å². The average molecular weight is 384 g/mol. The summed E-state index contributed by atoms with van der Waals surface area (Å²) >= 11 is 0. The number of aryl methyl sites for hydroxylation is 1. The summed E-state index contributed by atoms with van der Waals surface area (Å²) < 4.78 is 42.0. The van der Waals surface area contributed by atoms with Gasteiger partial charge in [0.05, 0.1) is 23.3 Å². The first-order valence-electron chi connectivity index (χ1n) is 8.34. The Morgan fingerprint density at radius 1 is 0.929 bits per heavy atom. The van der Waals surface area contributed by atoms with Gasteiger partial charge in [0.2, 0.25) is 0 Å². The number of hydrogen-bond acceptors (Lipinski definition) is 4. The molecule has 9 heteroatoms. The third-order valence-electron chi connectivity index (χ3n) is 4.18. The molecule has 4 rings (SSSR count). The Hall–Kier alpha value is -3.62. The zero-order valence-electron chi connectivity index (χ0n) is 14.7. The van der Waals surface area contributed by atoms with Gasteiger partial charge in [0, 0.05) is 11.3 Å². The molecule has 0 aliphatic carbocycles. The lowest BCUT2D eigenvalue weighted by molar-refractivity contribution is -0.142. The SMILES string of the molecule is Cc1cc(C(F)(F)F)n(-c2ccc(-n3cc(-c4ccc(N)cc4)nn3)cc2)n1. The van der Waals surface area contributed by atoms with Crippen molar-refractivity contribution >= 4 is 5.69 Å². The van der Waals surface area contributed by atoms with Gasteiger partial charge < -0.3 is 5.73 Å². The van der Waals surface area contributed by atoms with E-state index in [1.165, 1.54) is 6.92 Å². The lowest BCUT2D eigenvalue weighted by Crippen LogP contribution is -2.13. The third-order valence-corrected chi connectivity index (χ3v) is 4.18. The number of anilines is 1. The maximum atomic E-state index is 13.2. The highest BCUT2D eigenvalue weighted by Crippen LogP contribution is 2.31. The van der Waals surface area contributed by atoms with E-state index >= 15 is 0 Å². The second-order valence-electron chi connectivity index (χ2n) is 6.27. The van der Waals surface area contributed by atoms with Crippen LogP contribution in [0.2, 0.25) is 0 Å². The molecule has 0 unspecified atom stereocenters. The van der Waals surface area contributed by atoms with Crippen LogP contribution in [-0.2, 0) is 6.18 Å². The van der Waals surface area contributed by atoms with Crippen molar-refractivity contribution in [1.82, 2.24) is 24.8 Å². The van der Waals surface area contributed by atoms with Gasteiger partial charge in [0.15, 0.2) is 0 Å². The summed E-state index contributed by atoms with van der Waals surface area (Å²) in [6, 6.07) is 14.7. The Labute approximate surface area is 158 Å². The molecule has 2 heterocycles. The number of aromatic nitrogens is 5. The van der Waals surface area contributed by atoms with Crippen molar-refractivity contribution in [2.24, 2.45) is 0 Å². The normalized spacial score (nSPS) is 11.7. The van der Waals surface area contributed by atoms with Crippen molar-refractivity contribution in [3.63, 3.8) is 0 Å². The summed E-state index contributed by atoms with van der Waals surface area (Å²) in [6.45, 7) is 1.52. The predicted octanol–water partition coefficient (Wildman–Crippen LogP) is 4.03. The summed E-state index contributed by atoms with van der Waals surface area (Å²) in [5.41, 5.74) is 8.30. The van der Waals surface area contributed by atoms with Crippen LogP contribution in [0.3, 0.4) is 0 Å². The van der Waals surface area contributed by atoms with Crippen LogP contribution in [0.5, 0.6) is 0 Å². The van der Waals surface area contributed by atoms with Crippen LogP contribution in [0, 0.1) is 6.92 Å². The number of nitrogen functional groups attached to an aromatic ring is 1. The number of halogens is 3. The monoisotopic (exact) mass is 384 g/mol. The highest BCUT2D eigenvalue weighted by Gasteiger charge is 2.35. The maximum Gasteiger partial charge on any atom is 0.433 e.